The van der Waals surface area contributed by atoms with Crippen LogP contribution in [-0.2, 0) is 15.0 Å². The number of anilines is 1. The topological polar surface area (TPSA) is 112 Å². The Kier molecular flexibility index (Phi) is 18.7. The van der Waals surface area contributed by atoms with Gasteiger partial charge in [0.1, 0.15) is 13.6 Å². The molecule has 0 aliphatic rings. The maximum atomic E-state index is 12.5. The smallest absolute Gasteiger partial charge is 0.325 e. The lowest BCUT2D eigenvalue weighted by Gasteiger charge is -2.25. The fourth-order valence-corrected chi connectivity index (χ4v) is 4.14. The molecule has 0 aliphatic heterocycles. The third kappa shape index (κ3) is 10.3. The highest BCUT2D eigenvalue weighted by atomic mass is 16.2. The number of benzene rings is 3. The molecule has 0 radical (unpaired) electrons. The van der Waals surface area contributed by atoms with E-state index in [4.69, 9.17) is 9.59 Å². The van der Waals surface area contributed by atoms with Gasteiger partial charge in [-0.1, -0.05) is 86.6 Å². The van der Waals surface area contributed by atoms with E-state index in [1.54, 1.807) is 0 Å². The molecule has 0 atom stereocenters. The van der Waals surface area contributed by atoms with Crippen LogP contribution < -0.4 is 16.6 Å². The SMILES string of the molecule is C=O.C=O.CC.CC.CC.CNc1ccc2cc(-c3cc(-c4c[nH]c(=O)[nH]c4=O)cc(C(C)(C)C)c3C)ccc2c1. The monoisotopic (exact) mass is 563 g/mol. The van der Waals surface area contributed by atoms with E-state index in [9.17, 15) is 9.59 Å². The van der Waals surface area contributed by atoms with Gasteiger partial charge in [-0.15, -0.1) is 0 Å². The summed E-state index contributed by atoms with van der Waals surface area (Å²) in [6.45, 7) is 24.6. The molecule has 7 nitrogen and oxygen atoms in total. The van der Waals surface area contributed by atoms with E-state index < -0.39 is 11.2 Å². The van der Waals surface area contributed by atoms with E-state index >= 15 is 0 Å². The lowest BCUT2D eigenvalue weighted by atomic mass is 9.79. The van der Waals surface area contributed by atoms with Crippen molar-refractivity contribution in [3.05, 3.63) is 86.7 Å². The summed E-state index contributed by atoms with van der Waals surface area (Å²) in [7, 11) is 1.91. The van der Waals surface area contributed by atoms with Crippen LogP contribution in [0, 0.1) is 6.92 Å². The number of hydrogen-bond donors (Lipinski definition) is 3. The molecule has 0 aliphatic carbocycles. The maximum Gasteiger partial charge on any atom is 0.325 e. The molecular formula is C34H49N3O4. The van der Waals surface area contributed by atoms with Gasteiger partial charge in [0.25, 0.3) is 5.56 Å². The molecule has 0 saturated heterocycles. The average molecular weight is 564 g/mol. The Morgan fingerprint density at radius 2 is 1.24 bits per heavy atom. The lowest BCUT2D eigenvalue weighted by Crippen LogP contribution is -2.23. The number of nitrogens with one attached hydrogen (secondary N) is 3. The first kappa shape index (κ1) is 38.9. The van der Waals surface area contributed by atoms with Crippen LogP contribution in [0.2, 0.25) is 0 Å². The van der Waals surface area contributed by atoms with Gasteiger partial charge >= 0.3 is 5.69 Å². The van der Waals surface area contributed by atoms with Gasteiger partial charge in [-0.3, -0.25) is 9.78 Å². The molecule has 0 bridgehead atoms. The normalized spacial score (nSPS) is 9.44. The van der Waals surface area contributed by atoms with Crippen LogP contribution in [0.5, 0.6) is 0 Å². The standard InChI is InChI=1S/C26H27N3O2.3C2H6.2CH2O/c1-15-21(18-7-6-17-11-20(27-5)9-8-16(17)10-18)12-19(13-23(15)26(2,3)4)22-14-28-25(31)29-24(22)30;5*1-2/h6-14,27H,1-5H3,(H2,28,29,30,31);3*1-2H3;2*1H2. The Hall–Kier alpha value is -4.26. The third-order valence-corrected chi connectivity index (χ3v) is 5.79. The van der Waals surface area contributed by atoms with Crippen molar-refractivity contribution in [1.29, 1.82) is 0 Å². The molecule has 0 saturated carbocycles. The molecule has 224 valence electrons. The van der Waals surface area contributed by atoms with Crippen LogP contribution in [0.15, 0.2) is 64.3 Å². The Morgan fingerprint density at radius 3 is 1.76 bits per heavy atom. The molecule has 4 aromatic rings. The molecule has 0 spiro atoms. The summed E-state index contributed by atoms with van der Waals surface area (Å²) in [6, 6.07) is 16.8. The summed E-state index contributed by atoms with van der Waals surface area (Å²) in [5.41, 5.74) is 5.82. The number of aromatic amines is 2. The average Bonchev–Trinajstić information content (AvgIpc) is 3.01. The summed E-state index contributed by atoms with van der Waals surface area (Å²) in [6.07, 6.45) is 1.49. The van der Waals surface area contributed by atoms with Crippen molar-refractivity contribution < 1.29 is 9.59 Å². The molecular weight excluding hydrogens is 514 g/mol. The van der Waals surface area contributed by atoms with Crippen LogP contribution in [-0.4, -0.2) is 30.6 Å². The molecule has 0 amide bonds. The van der Waals surface area contributed by atoms with Crippen molar-refractivity contribution in [1.82, 2.24) is 9.97 Å². The fraction of sp³-hybridized carbons (Fsp3) is 0.353. The van der Waals surface area contributed by atoms with Crippen molar-refractivity contribution in [2.75, 3.05) is 12.4 Å². The Morgan fingerprint density at radius 1 is 0.707 bits per heavy atom. The summed E-state index contributed by atoms with van der Waals surface area (Å²) < 4.78 is 0. The minimum Gasteiger partial charge on any atom is -0.388 e. The Bertz CT molecular complexity index is 1450. The minimum atomic E-state index is -0.507. The van der Waals surface area contributed by atoms with Gasteiger partial charge in [0.2, 0.25) is 0 Å². The second-order valence-electron chi connectivity index (χ2n) is 8.96. The van der Waals surface area contributed by atoms with Crippen LogP contribution in [0.1, 0.15) is 73.4 Å². The highest BCUT2D eigenvalue weighted by Crippen LogP contribution is 2.37. The number of hydrogen-bond acceptors (Lipinski definition) is 5. The highest BCUT2D eigenvalue weighted by Gasteiger charge is 2.21. The van der Waals surface area contributed by atoms with E-state index in [1.807, 2.05) is 68.2 Å². The number of H-pyrrole nitrogens is 2. The maximum absolute atomic E-state index is 12.5. The van der Waals surface area contributed by atoms with Crippen LogP contribution >= 0.6 is 0 Å². The van der Waals surface area contributed by atoms with E-state index in [0.717, 1.165) is 38.7 Å². The van der Waals surface area contributed by atoms with E-state index in [2.05, 4.69) is 85.4 Å². The molecule has 3 aromatic carbocycles. The Labute approximate surface area is 245 Å². The zero-order valence-corrected chi connectivity index (χ0v) is 26.7. The van der Waals surface area contributed by atoms with Crippen LogP contribution in [0.3, 0.4) is 0 Å². The first-order valence-corrected chi connectivity index (χ1v) is 13.9. The van der Waals surface area contributed by atoms with Crippen molar-refractivity contribution in [2.24, 2.45) is 0 Å². The quantitative estimate of drug-likeness (QED) is 0.234. The second kappa shape index (κ2) is 19.7. The molecule has 41 heavy (non-hydrogen) atoms. The predicted molar refractivity (Wildman–Crippen MR) is 177 cm³/mol. The molecule has 0 unspecified atom stereocenters. The summed E-state index contributed by atoms with van der Waals surface area (Å²) >= 11 is 0. The third-order valence-electron chi connectivity index (χ3n) is 5.79. The fourth-order valence-electron chi connectivity index (χ4n) is 4.14. The molecule has 1 heterocycles. The summed E-state index contributed by atoms with van der Waals surface area (Å²) in [5.74, 6) is 0. The van der Waals surface area contributed by atoms with E-state index in [-0.39, 0.29) is 5.41 Å². The van der Waals surface area contributed by atoms with Crippen molar-refractivity contribution in [2.45, 2.75) is 74.7 Å². The number of fused-ring (bicyclic) bond motifs is 1. The van der Waals surface area contributed by atoms with Crippen molar-refractivity contribution >= 4 is 30.0 Å². The van der Waals surface area contributed by atoms with Gasteiger partial charge < -0.3 is 19.9 Å². The summed E-state index contributed by atoms with van der Waals surface area (Å²) in [5, 5.41) is 5.49. The van der Waals surface area contributed by atoms with Gasteiger partial charge in [0.15, 0.2) is 0 Å². The van der Waals surface area contributed by atoms with Gasteiger partial charge in [0, 0.05) is 18.9 Å². The molecule has 7 heteroatoms. The van der Waals surface area contributed by atoms with Gasteiger partial charge in [-0.2, -0.15) is 0 Å². The Balaban J connectivity index is 0. The number of rotatable bonds is 3. The highest BCUT2D eigenvalue weighted by molar-refractivity contribution is 5.91. The van der Waals surface area contributed by atoms with Crippen molar-refractivity contribution in [3.63, 3.8) is 0 Å². The van der Waals surface area contributed by atoms with E-state index in [1.165, 1.54) is 11.8 Å². The van der Waals surface area contributed by atoms with Crippen LogP contribution in [0.25, 0.3) is 33.0 Å². The van der Waals surface area contributed by atoms with E-state index in [0.29, 0.717) is 5.56 Å². The largest absolute Gasteiger partial charge is 0.388 e. The van der Waals surface area contributed by atoms with Crippen LogP contribution in [0.4, 0.5) is 5.69 Å². The number of carbonyl (C=O) groups excluding carboxylic acids is 2. The zero-order chi connectivity index (χ0) is 32.3. The lowest BCUT2D eigenvalue weighted by molar-refractivity contribution is -0.0987. The molecule has 4 rings (SSSR count). The molecule has 3 N–H and O–H groups in total. The zero-order valence-electron chi connectivity index (χ0n) is 26.7. The molecule has 1 aromatic heterocycles. The van der Waals surface area contributed by atoms with Crippen molar-refractivity contribution in [3.8, 4) is 22.3 Å². The first-order chi connectivity index (χ1) is 19.7. The first-order valence-electron chi connectivity index (χ1n) is 13.9. The van der Waals surface area contributed by atoms with Gasteiger partial charge in [-0.05, 0) is 75.2 Å². The number of aromatic nitrogens is 2. The summed E-state index contributed by atoms with van der Waals surface area (Å²) in [4.78, 5) is 44.9. The predicted octanol–water partition coefficient (Wildman–Crippen LogP) is 7.91. The minimum absolute atomic E-state index is 0.109. The second-order valence-corrected chi connectivity index (χ2v) is 8.96. The van der Waals surface area contributed by atoms with Gasteiger partial charge in [-0.25, -0.2) is 4.79 Å². The molecule has 0 fully saturated rings. The van der Waals surface area contributed by atoms with Gasteiger partial charge in [0.05, 0.1) is 5.56 Å². The number of carbonyl (C=O) groups is 2.